The van der Waals surface area contributed by atoms with Gasteiger partial charge >= 0.3 is 0 Å². The van der Waals surface area contributed by atoms with Crippen LogP contribution in [0.2, 0.25) is 0 Å². The van der Waals surface area contributed by atoms with E-state index >= 15 is 0 Å². The maximum Gasteiger partial charge on any atom is 0.266 e. The van der Waals surface area contributed by atoms with E-state index in [2.05, 4.69) is 20.9 Å². The lowest BCUT2D eigenvalue weighted by Gasteiger charge is -1.97. The van der Waals surface area contributed by atoms with Crippen molar-refractivity contribution in [2.45, 2.75) is 6.92 Å². The highest BCUT2D eigenvalue weighted by Crippen LogP contribution is 2.23. The SMILES string of the molecule is Cc1oc(=S)[nH]c1-c1ccc(Br)cc1. The van der Waals surface area contributed by atoms with Gasteiger partial charge in [0.25, 0.3) is 4.84 Å². The van der Waals surface area contributed by atoms with Crippen molar-refractivity contribution in [1.29, 1.82) is 0 Å². The molecule has 0 atom stereocenters. The van der Waals surface area contributed by atoms with E-state index in [4.69, 9.17) is 16.6 Å². The Bertz CT molecular complexity index is 498. The number of aromatic nitrogens is 1. The first-order chi connectivity index (χ1) is 6.66. The molecule has 0 radical (unpaired) electrons. The summed E-state index contributed by atoms with van der Waals surface area (Å²) in [7, 11) is 0. The highest BCUT2D eigenvalue weighted by atomic mass is 79.9. The van der Waals surface area contributed by atoms with Gasteiger partial charge in [-0.3, -0.25) is 0 Å². The number of aryl methyl sites for hydroxylation is 1. The standard InChI is InChI=1S/C10H8BrNOS/c1-6-9(12-10(14)13-6)7-2-4-8(11)5-3-7/h2-5H,1H3,(H,12,14). The Balaban J connectivity index is 2.54. The molecule has 1 aromatic heterocycles. The number of halogens is 1. The number of nitrogens with one attached hydrogen (secondary N) is 1. The highest BCUT2D eigenvalue weighted by molar-refractivity contribution is 9.10. The Morgan fingerprint density at radius 1 is 1.29 bits per heavy atom. The summed E-state index contributed by atoms with van der Waals surface area (Å²) in [6.07, 6.45) is 0. The molecule has 0 saturated heterocycles. The number of hydrogen-bond donors (Lipinski definition) is 1. The van der Waals surface area contributed by atoms with Crippen LogP contribution in [0.15, 0.2) is 33.2 Å². The predicted molar refractivity (Wildman–Crippen MR) is 61.8 cm³/mol. The Hall–Kier alpha value is -0.870. The number of rotatable bonds is 1. The summed E-state index contributed by atoms with van der Waals surface area (Å²) >= 11 is 8.30. The Morgan fingerprint density at radius 3 is 2.43 bits per heavy atom. The predicted octanol–water partition coefficient (Wildman–Crippen LogP) is 4.08. The van der Waals surface area contributed by atoms with Crippen LogP contribution >= 0.6 is 28.1 Å². The molecular weight excluding hydrogens is 262 g/mol. The summed E-state index contributed by atoms with van der Waals surface area (Å²) in [6, 6.07) is 7.98. The van der Waals surface area contributed by atoms with E-state index in [-0.39, 0.29) is 0 Å². The van der Waals surface area contributed by atoms with Gasteiger partial charge in [-0.1, -0.05) is 28.1 Å². The third-order valence-corrected chi connectivity index (χ3v) is 2.67. The minimum absolute atomic E-state index is 0.417. The van der Waals surface area contributed by atoms with Crippen LogP contribution in [-0.4, -0.2) is 4.98 Å². The smallest absolute Gasteiger partial charge is 0.266 e. The number of hydrogen-bond acceptors (Lipinski definition) is 2. The summed E-state index contributed by atoms with van der Waals surface area (Å²) in [6.45, 7) is 1.89. The van der Waals surface area contributed by atoms with Gasteiger partial charge in [0.1, 0.15) is 5.76 Å². The number of aromatic amines is 1. The van der Waals surface area contributed by atoms with Crippen molar-refractivity contribution in [3.8, 4) is 11.3 Å². The molecule has 0 unspecified atom stereocenters. The second kappa shape index (κ2) is 3.71. The third-order valence-electron chi connectivity index (χ3n) is 1.96. The molecule has 0 aliphatic rings. The molecule has 0 spiro atoms. The summed E-state index contributed by atoms with van der Waals surface area (Å²) in [4.78, 5) is 3.43. The number of H-pyrrole nitrogens is 1. The largest absolute Gasteiger partial charge is 0.434 e. The molecule has 2 aromatic rings. The van der Waals surface area contributed by atoms with Gasteiger partial charge in [-0.25, -0.2) is 0 Å². The normalized spacial score (nSPS) is 10.4. The molecule has 0 fully saturated rings. The van der Waals surface area contributed by atoms with Gasteiger partial charge < -0.3 is 9.40 Å². The summed E-state index contributed by atoms with van der Waals surface area (Å²) < 4.78 is 6.30. The van der Waals surface area contributed by atoms with Crippen LogP contribution in [0, 0.1) is 11.8 Å². The lowest BCUT2D eigenvalue weighted by atomic mass is 10.1. The fraction of sp³-hybridized carbons (Fsp3) is 0.100. The highest BCUT2D eigenvalue weighted by Gasteiger charge is 2.05. The summed E-state index contributed by atoms with van der Waals surface area (Å²) in [5, 5.41) is 0. The Labute approximate surface area is 95.1 Å². The van der Waals surface area contributed by atoms with Crippen LogP contribution in [0.4, 0.5) is 0 Å². The number of benzene rings is 1. The van der Waals surface area contributed by atoms with Gasteiger partial charge in [0, 0.05) is 10.0 Å². The van der Waals surface area contributed by atoms with E-state index in [9.17, 15) is 0 Å². The monoisotopic (exact) mass is 269 g/mol. The molecule has 14 heavy (non-hydrogen) atoms. The Morgan fingerprint density at radius 2 is 1.93 bits per heavy atom. The lowest BCUT2D eigenvalue weighted by molar-refractivity contribution is 0.512. The van der Waals surface area contributed by atoms with Crippen LogP contribution in [-0.2, 0) is 0 Å². The fourth-order valence-electron chi connectivity index (χ4n) is 1.30. The average Bonchev–Trinajstić information content (AvgIpc) is 2.47. The van der Waals surface area contributed by atoms with Crippen LogP contribution in [0.3, 0.4) is 0 Å². The molecule has 0 amide bonds. The van der Waals surface area contributed by atoms with Gasteiger partial charge in [0.15, 0.2) is 0 Å². The molecule has 0 aliphatic carbocycles. The van der Waals surface area contributed by atoms with Crippen molar-refractivity contribution in [3.05, 3.63) is 39.3 Å². The summed E-state index contributed by atoms with van der Waals surface area (Å²) in [5.41, 5.74) is 2.02. The molecule has 0 bridgehead atoms. The molecule has 0 aliphatic heterocycles. The molecule has 1 aromatic carbocycles. The Kier molecular flexibility index (Phi) is 2.56. The molecule has 1 N–H and O–H groups in total. The zero-order chi connectivity index (χ0) is 10.1. The quantitative estimate of drug-likeness (QED) is 0.791. The first-order valence-electron chi connectivity index (χ1n) is 4.12. The van der Waals surface area contributed by atoms with E-state index in [1.54, 1.807) is 0 Å². The maximum atomic E-state index is 5.25. The van der Waals surface area contributed by atoms with Crippen LogP contribution < -0.4 is 0 Å². The first kappa shape index (κ1) is 9.68. The van der Waals surface area contributed by atoms with E-state index < -0.39 is 0 Å². The van der Waals surface area contributed by atoms with Crippen LogP contribution in [0.1, 0.15) is 5.76 Å². The third kappa shape index (κ3) is 1.81. The van der Waals surface area contributed by atoms with Crippen LogP contribution in [0.5, 0.6) is 0 Å². The van der Waals surface area contributed by atoms with Crippen molar-refractivity contribution < 1.29 is 4.42 Å². The number of oxazole rings is 1. The van der Waals surface area contributed by atoms with E-state index in [0.29, 0.717) is 4.84 Å². The average molecular weight is 270 g/mol. The van der Waals surface area contributed by atoms with Crippen molar-refractivity contribution in [2.75, 3.05) is 0 Å². The van der Waals surface area contributed by atoms with E-state index in [1.165, 1.54) is 0 Å². The van der Waals surface area contributed by atoms with E-state index in [1.807, 2.05) is 31.2 Å². The molecular formula is C10H8BrNOS. The zero-order valence-electron chi connectivity index (χ0n) is 7.50. The minimum Gasteiger partial charge on any atom is -0.434 e. The first-order valence-corrected chi connectivity index (χ1v) is 5.32. The van der Waals surface area contributed by atoms with Crippen LogP contribution in [0.25, 0.3) is 11.3 Å². The molecule has 72 valence electrons. The van der Waals surface area contributed by atoms with Gasteiger partial charge in [-0.2, -0.15) is 0 Å². The van der Waals surface area contributed by atoms with Crippen molar-refractivity contribution in [2.24, 2.45) is 0 Å². The van der Waals surface area contributed by atoms with Gasteiger partial charge in [-0.05, 0) is 31.3 Å². The molecule has 2 nitrogen and oxygen atoms in total. The van der Waals surface area contributed by atoms with Crippen molar-refractivity contribution in [3.63, 3.8) is 0 Å². The van der Waals surface area contributed by atoms with Crippen molar-refractivity contribution >= 4 is 28.1 Å². The molecule has 0 saturated carbocycles. The molecule has 1 heterocycles. The maximum absolute atomic E-state index is 5.25. The second-order valence-corrected chi connectivity index (χ2v) is 4.24. The van der Waals surface area contributed by atoms with Gasteiger partial charge in [0.05, 0.1) is 5.69 Å². The van der Waals surface area contributed by atoms with Gasteiger partial charge in [0.2, 0.25) is 0 Å². The van der Waals surface area contributed by atoms with Gasteiger partial charge in [-0.15, -0.1) is 0 Å². The fourth-order valence-corrected chi connectivity index (χ4v) is 1.79. The van der Waals surface area contributed by atoms with E-state index in [0.717, 1.165) is 21.5 Å². The lowest BCUT2D eigenvalue weighted by Crippen LogP contribution is -1.79. The molecule has 2 rings (SSSR count). The topological polar surface area (TPSA) is 28.9 Å². The second-order valence-electron chi connectivity index (χ2n) is 2.95. The minimum atomic E-state index is 0.417. The molecule has 4 heteroatoms. The van der Waals surface area contributed by atoms with Crippen molar-refractivity contribution in [1.82, 2.24) is 4.98 Å². The zero-order valence-corrected chi connectivity index (χ0v) is 9.91. The summed E-state index contributed by atoms with van der Waals surface area (Å²) in [5.74, 6) is 0.817.